The number of carbonyl (C=O) groups is 1. The Kier molecular flexibility index (Phi) is 8.72. The molecule has 0 unspecified atom stereocenters. The second kappa shape index (κ2) is 7.89. The van der Waals surface area contributed by atoms with Crippen LogP contribution in [0.1, 0.15) is 47.5 Å². The van der Waals surface area contributed by atoms with Crippen LogP contribution in [0.3, 0.4) is 0 Å². The Hall–Kier alpha value is -0.430. The van der Waals surface area contributed by atoms with Gasteiger partial charge in [-0.25, -0.2) is 16.8 Å². The summed E-state index contributed by atoms with van der Waals surface area (Å²) in [4.78, 5) is 9.17. The first-order valence-corrected chi connectivity index (χ1v) is 9.28. The maximum absolute atomic E-state index is 11.7. The fourth-order valence-corrected chi connectivity index (χ4v) is 5.60. The molecule has 7 heteroatoms. The lowest BCUT2D eigenvalue weighted by Gasteiger charge is -2.26. The van der Waals surface area contributed by atoms with Crippen molar-refractivity contribution in [2.45, 2.75) is 51.5 Å². The molecule has 0 heterocycles. The number of rotatable bonds is 6. The molecule has 0 rings (SSSR count). The van der Waals surface area contributed by atoms with Crippen LogP contribution in [0.15, 0.2) is 0 Å². The number of sulfone groups is 2. The highest BCUT2D eigenvalue weighted by molar-refractivity contribution is 8.10. The van der Waals surface area contributed by atoms with Gasteiger partial charge in [0, 0.05) is 17.9 Å². The molecule has 0 amide bonds. The quantitative estimate of drug-likeness (QED) is 0.695. The molecule has 0 aromatic carbocycles. The zero-order chi connectivity index (χ0) is 15.0. The van der Waals surface area contributed by atoms with E-state index in [1.54, 1.807) is 6.92 Å². The highest BCUT2D eigenvalue weighted by Crippen LogP contribution is 2.29. The van der Waals surface area contributed by atoms with Crippen LogP contribution < -0.4 is 0 Å². The fraction of sp³-hybridized carbons (Fsp3) is 0.909. The highest BCUT2D eigenvalue weighted by atomic mass is 32.3. The second-order valence-corrected chi connectivity index (χ2v) is 9.54. The van der Waals surface area contributed by atoms with E-state index in [9.17, 15) is 21.6 Å². The Morgan fingerprint density at radius 3 is 1.28 bits per heavy atom. The molecule has 0 aliphatic heterocycles. The molecule has 0 bridgehead atoms. The first-order chi connectivity index (χ1) is 8.10. The Labute approximate surface area is 111 Å². The average Bonchev–Trinajstić information content (AvgIpc) is 2.37. The minimum Gasteiger partial charge on any atom is -0.303 e. The average molecular weight is 300 g/mol. The van der Waals surface area contributed by atoms with Crippen LogP contribution in [0.25, 0.3) is 0 Å². The van der Waals surface area contributed by atoms with E-state index in [-0.39, 0.29) is 17.9 Å². The Morgan fingerprint density at radius 2 is 1.17 bits per heavy atom. The van der Waals surface area contributed by atoms with Gasteiger partial charge in [0.25, 0.3) is 0 Å². The summed E-state index contributed by atoms with van der Waals surface area (Å²) >= 11 is 0. The topological polar surface area (TPSA) is 85.3 Å². The third-order valence-corrected chi connectivity index (χ3v) is 9.14. The van der Waals surface area contributed by atoms with E-state index in [0.29, 0.717) is 6.42 Å². The van der Waals surface area contributed by atoms with Crippen molar-refractivity contribution in [3.05, 3.63) is 0 Å². The smallest absolute Gasteiger partial charge is 0.170 e. The van der Waals surface area contributed by atoms with Gasteiger partial charge in [0.15, 0.2) is 23.8 Å². The molecule has 0 N–H and O–H groups in total. The molecule has 0 radical (unpaired) electrons. The van der Waals surface area contributed by atoms with Crippen LogP contribution in [0.4, 0.5) is 0 Å². The summed E-state index contributed by atoms with van der Waals surface area (Å²) in [6.07, 6.45) is 1.61. The van der Waals surface area contributed by atoms with E-state index in [1.165, 1.54) is 20.8 Å². The van der Waals surface area contributed by atoms with Crippen LogP contribution >= 0.6 is 0 Å². The van der Waals surface area contributed by atoms with Gasteiger partial charge in [0.1, 0.15) is 6.29 Å². The van der Waals surface area contributed by atoms with Crippen molar-refractivity contribution < 1.29 is 21.6 Å². The fourth-order valence-electron chi connectivity index (χ4n) is 1.24. The van der Waals surface area contributed by atoms with Crippen LogP contribution in [-0.2, 0) is 24.5 Å². The predicted octanol–water partition coefficient (Wildman–Crippen LogP) is 1.58. The molecule has 0 fully saturated rings. The second-order valence-electron chi connectivity index (χ2n) is 3.87. The third-order valence-electron chi connectivity index (χ3n) is 2.88. The standard InChI is InChI=1S/C8H18O4S2.C3H6O/c1-5-8(4,13(9,10)6-2)14(11,12)7-3;1-2-3-4/h5-7H2,1-4H3;3H,2H2,1H3. The van der Waals surface area contributed by atoms with Crippen LogP contribution in [0, 0.1) is 0 Å². The summed E-state index contributed by atoms with van der Waals surface area (Å²) in [7, 11) is -7.14. The van der Waals surface area contributed by atoms with Crippen molar-refractivity contribution in [3.63, 3.8) is 0 Å². The Morgan fingerprint density at radius 1 is 0.889 bits per heavy atom. The van der Waals surface area contributed by atoms with Gasteiger partial charge in [0.2, 0.25) is 0 Å². The Bertz CT molecular complexity index is 400. The molecule has 0 spiro atoms. The maximum atomic E-state index is 11.7. The number of hydrogen-bond acceptors (Lipinski definition) is 5. The summed E-state index contributed by atoms with van der Waals surface area (Å²) < 4.78 is 45.1. The molecule has 0 aromatic rings. The molecule has 0 saturated carbocycles. The van der Waals surface area contributed by atoms with Crippen molar-refractivity contribution in [2.24, 2.45) is 0 Å². The number of hydrogen-bond donors (Lipinski definition) is 0. The lowest BCUT2D eigenvalue weighted by atomic mass is 10.4. The molecule has 0 aromatic heterocycles. The first-order valence-electron chi connectivity index (χ1n) is 5.98. The van der Waals surface area contributed by atoms with Crippen molar-refractivity contribution in [1.82, 2.24) is 0 Å². The van der Waals surface area contributed by atoms with Crippen molar-refractivity contribution in [3.8, 4) is 0 Å². The summed E-state index contributed by atoms with van der Waals surface area (Å²) in [6.45, 7) is 7.63. The first kappa shape index (κ1) is 19.9. The molecular weight excluding hydrogens is 276 g/mol. The predicted molar refractivity (Wildman–Crippen MR) is 74.0 cm³/mol. The molecule has 0 saturated heterocycles. The number of aldehydes is 1. The molecule has 18 heavy (non-hydrogen) atoms. The van der Waals surface area contributed by atoms with Crippen molar-refractivity contribution in [1.29, 1.82) is 0 Å². The van der Waals surface area contributed by atoms with Gasteiger partial charge < -0.3 is 4.79 Å². The minimum absolute atomic E-state index is 0.0966. The van der Waals surface area contributed by atoms with Gasteiger partial charge in [-0.3, -0.25) is 0 Å². The molecule has 110 valence electrons. The third kappa shape index (κ3) is 4.35. The monoisotopic (exact) mass is 300 g/mol. The van der Waals surface area contributed by atoms with E-state index in [2.05, 4.69) is 0 Å². The van der Waals surface area contributed by atoms with Crippen LogP contribution in [0.2, 0.25) is 0 Å². The van der Waals surface area contributed by atoms with E-state index in [4.69, 9.17) is 0 Å². The molecule has 0 aliphatic rings. The highest BCUT2D eigenvalue weighted by Gasteiger charge is 2.47. The van der Waals surface area contributed by atoms with Gasteiger partial charge in [-0.2, -0.15) is 0 Å². The maximum Gasteiger partial charge on any atom is 0.170 e. The zero-order valence-corrected chi connectivity index (χ0v) is 13.4. The van der Waals surface area contributed by atoms with Gasteiger partial charge in [-0.15, -0.1) is 0 Å². The summed E-state index contributed by atoms with van der Waals surface area (Å²) in [5.41, 5.74) is 0. The van der Waals surface area contributed by atoms with E-state index in [0.717, 1.165) is 6.29 Å². The summed E-state index contributed by atoms with van der Waals surface area (Å²) in [5.74, 6) is -0.285. The van der Waals surface area contributed by atoms with Gasteiger partial charge in [-0.05, 0) is 13.3 Å². The summed E-state index contributed by atoms with van der Waals surface area (Å²) in [5, 5.41) is 0. The SMILES string of the molecule is CCC(C)(S(=O)(=O)CC)S(=O)(=O)CC.CCC=O. The Balaban J connectivity index is 0. The zero-order valence-electron chi connectivity index (χ0n) is 11.8. The molecule has 5 nitrogen and oxygen atoms in total. The van der Waals surface area contributed by atoms with Crippen LogP contribution in [0.5, 0.6) is 0 Å². The van der Waals surface area contributed by atoms with Crippen LogP contribution in [-0.4, -0.2) is 38.7 Å². The minimum atomic E-state index is -3.57. The van der Waals surface area contributed by atoms with E-state index >= 15 is 0 Å². The van der Waals surface area contributed by atoms with Crippen molar-refractivity contribution in [2.75, 3.05) is 11.5 Å². The van der Waals surface area contributed by atoms with E-state index in [1.807, 2.05) is 6.92 Å². The van der Waals surface area contributed by atoms with Gasteiger partial charge >= 0.3 is 0 Å². The lowest BCUT2D eigenvalue weighted by molar-refractivity contribution is -0.107. The molecule has 0 aliphatic carbocycles. The lowest BCUT2D eigenvalue weighted by Crippen LogP contribution is -2.44. The summed E-state index contributed by atoms with van der Waals surface area (Å²) in [6, 6.07) is 0. The van der Waals surface area contributed by atoms with Gasteiger partial charge in [-0.1, -0.05) is 27.7 Å². The normalized spacial score (nSPS) is 12.5. The largest absolute Gasteiger partial charge is 0.303 e. The van der Waals surface area contributed by atoms with E-state index < -0.39 is 23.8 Å². The number of carbonyl (C=O) groups excluding carboxylic acids is 1. The van der Waals surface area contributed by atoms with Crippen molar-refractivity contribution >= 4 is 26.0 Å². The molecular formula is C11H24O5S2. The molecule has 0 atom stereocenters. The van der Waals surface area contributed by atoms with Gasteiger partial charge in [0.05, 0.1) is 0 Å².